The van der Waals surface area contributed by atoms with Crippen LogP contribution in [0, 0.1) is 23.7 Å². The number of allylic oxidation sites excluding steroid dienone is 1. The highest BCUT2D eigenvalue weighted by atomic mass is 16.6. The molecule has 0 unspecified atom stereocenters. The van der Waals surface area contributed by atoms with Crippen LogP contribution in [0.3, 0.4) is 0 Å². The number of carbonyl (C=O) groups is 2. The molecule has 0 saturated heterocycles. The number of amides is 1. The summed E-state index contributed by atoms with van der Waals surface area (Å²) in [6, 6.07) is 8.56. The minimum absolute atomic E-state index is 0.0101. The summed E-state index contributed by atoms with van der Waals surface area (Å²) >= 11 is 0. The van der Waals surface area contributed by atoms with Gasteiger partial charge in [-0.1, -0.05) is 24.1 Å². The van der Waals surface area contributed by atoms with Crippen LogP contribution in [0.2, 0.25) is 0 Å². The zero-order chi connectivity index (χ0) is 21.2. The third-order valence-electron chi connectivity index (χ3n) is 4.93. The molecule has 1 amide bonds. The van der Waals surface area contributed by atoms with Crippen molar-refractivity contribution >= 4 is 11.9 Å². The minimum Gasteiger partial charge on any atom is -0.460 e. The van der Waals surface area contributed by atoms with Gasteiger partial charge in [-0.3, -0.25) is 4.79 Å². The molecule has 3 rings (SSSR count). The Kier molecular flexibility index (Phi) is 5.31. The lowest BCUT2D eigenvalue weighted by atomic mass is 9.68. The largest absolute Gasteiger partial charge is 0.460 e. The van der Waals surface area contributed by atoms with Gasteiger partial charge < -0.3 is 24.8 Å². The van der Waals surface area contributed by atoms with Crippen LogP contribution in [0.4, 0.5) is 0 Å². The van der Waals surface area contributed by atoms with Crippen LogP contribution < -0.4 is 10.5 Å². The first kappa shape index (κ1) is 20.0. The molecule has 2 aliphatic heterocycles. The van der Waals surface area contributed by atoms with Crippen LogP contribution in [-0.4, -0.2) is 43.6 Å². The second-order valence-corrected chi connectivity index (χ2v) is 6.38. The number of hydrogen-bond donors (Lipinski definition) is 1. The fraction of sp³-hybridized carbons (Fsp3) is 0.286. The van der Waals surface area contributed by atoms with E-state index in [9.17, 15) is 14.9 Å². The van der Waals surface area contributed by atoms with Gasteiger partial charge in [-0.05, 0) is 13.0 Å². The number of methoxy groups -OCH3 is 1. The summed E-state index contributed by atoms with van der Waals surface area (Å²) in [5.74, 6) is 1.12. The van der Waals surface area contributed by atoms with Gasteiger partial charge in [0.25, 0.3) is 0 Å². The number of ether oxygens (including phenoxy) is 3. The van der Waals surface area contributed by atoms with Crippen LogP contribution in [0.25, 0.3) is 0 Å². The van der Waals surface area contributed by atoms with Crippen molar-refractivity contribution < 1.29 is 23.8 Å². The van der Waals surface area contributed by atoms with Gasteiger partial charge in [-0.25, -0.2) is 4.79 Å². The van der Waals surface area contributed by atoms with Gasteiger partial charge in [-0.15, -0.1) is 6.42 Å². The van der Waals surface area contributed by atoms with E-state index < -0.39 is 17.3 Å². The third kappa shape index (κ3) is 2.82. The van der Waals surface area contributed by atoms with Crippen LogP contribution in [0.5, 0.6) is 5.75 Å². The molecule has 0 saturated carbocycles. The maximum absolute atomic E-state index is 13.7. The maximum atomic E-state index is 13.7. The quantitative estimate of drug-likeness (QED) is 0.450. The number of nitrogens with two attached hydrogens (primary N) is 1. The van der Waals surface area contributed by atoms with Gasteiger partial charge >= 0.3 is 5.97 Å². The first-order valence-electron chi connectivity index (χ1n) is 8.75. The monoisotopic (exact) mass is 393 g/mol. The number of nitriles is 1. The molecular formula is C21H19N3O5. The van der Waals surface area contributed by atoms with Crippen molar-refractivity contribution in [3.8, 4) is 24.2 Å². The van der Waals surface area contributed by atoms with Crippen molar-refractivity contribution in [2.24, 2.45) is 5.73 Å². The van der Waals surface area contributed by atoms with E-state index in [4.69, 9.17) is 26.4 Å². The molecule has 0 bridgehead atoms. The zero-order valence-corrected chi connectivity index (χ0v) is 16.0. The summed E-state index contributed by atoms with van der Waals surface area (Å²) in [6.07, 6.45) is 5.43. The molecule has 8 nitrogen and oxygen atoms in total. The van der Waals surface area contributed by atoms with Crippen molar-refractivity contribution in [1.82, 2.24) is 4.90 Å². The molecule has 148 valence electrons. The van der Waals surface area contributed by atoms with E-state index in [0.29, 0.717) is 11.3 Å². The predicted octanol–water partition coefficient (Wildman–Crippen LogP) is 0.950. The molecule has 2 aliphatic rings. The predicted molar refractivity (Wildman–Crippen MR) is 102 cm³/mol. The molecule has 2 N–H and O–H groups in total. The Morgan fingerprint density at radius 1 is 1.38 bits per heavy atom. The number of nitrogens with zero attached hydrogens (tertiary/aromatic N) is 2. The first-order chi connectivity index (χ1) is 13.9. The second kappa shape index (κ2) is 7.70. The van der Waals surface area contributed by atoms with Crippen molar-refractivity contribution in [3.05, 3.63) is 52.6 Å². The van der Waals surface area contributed by atoms with E-state index in [1.165, 1.54) is 12.0 Å². The molecule has 1 aromatic carbocycles. The molecule has 0 fully saturated rings. The van der Waals surface area contributed by atoms with Gasteiger partial charge in [0.05, 0.1) is 18.7 Å². The molecule has 0 aliphatic carbocycles. The molecule has 1 atom stereocenters. The van der Waals surface area contributed by atoms with Crippen LogP contribution >= 0.6 is 0 Å². The standard InChI is InChI=1S/C21H19N3O5/c1-4-9-24-13(2)17(19(25)28-11-10-27-3)21(20(24)26)14-7-5-6-8-16(14)29-18(23)15(21)12-22/h1,5-8H,9-11,23H2,2-3H3/t21-/m1/s1. The first-order valence-corrected chi connectivity index (χ1v) is 8.75. The molecule has 1 spiro atoms. The summed E-state index contributed by atoms with van der Waals surface area (Å²) in [7, 11) is 1.47. The Hall–Kier alpha value is -3.75. The number of para-hydroxylation sites is 1. The van der Waals surface area contributed by atoms with Gasteiger partial charge in [0.15, 0.2) is 5.41 Å². The summed E-state index contributed by atoms with van der Waals surface area (Å²) in [5, 5.41) is 9.87. The lowest BCUT2D eigenvalue weighted by Gasteiger charge is -2.35. The van der Waals surface area contributed by atoms with Gasteiger partial charge in [0.1, 0.15) is 24.0 Å². The average molecular weight is 393 g/mol. The van der Waals surface area contributed by atoms with E-state index in [2.05, 4.69) is 5.92 Å². The van der Waals surface area contributed by atoms with Gasteiger partial charge in [0, 0.05) is 18.4 Å². The molecular weight excluding hydrogens is 374 g/mol. The number of terminal acetylenes is 1. The fourth-order valence-electron chi connectivity index (χ4n) is 3.72. The number of rotatable bonds is 5. The lowest BCUT2D eigenvalue weighted by molar-refractivity contribution is -0.142. The summed E-state index contributed by atoms with van der Waals surface area (Å²) < 4.78 is 15.8. The number of carbonyl (C=O) groups excluding carboxylic acids is 2. The highest BCUT2D eigenvalue weighted by Crippen LogP contribution is 2.53. The summed E-state index contributed by atoms with van der Waals surface area (Å²) in [4.78, 5) is 28.0. The van der Waals surface area contributed by atoms with Crippen LogP contribution in [-0.2, 0) is 24.5 Å². The zero-order valence-electron chi connectivity index (χ0n) is 16.0. The second-order valence-electron chi connectivity index (χ2n) is 6.38. The number of esters is 1. The highest BCUT2D eigenvalue weighted by molar-refractivity contribution is 6.12. The van der Waals surface area contributed by atoms with E-state index in [-0.39, 0.29) is 42.5 Å². The Morgan fingerprint density at radius 2 is 2.10 bits per heavy atom. The van der Waals surface area contributed by atoms with E-state index >= 15 is 0 Å². The normalized spacial score (nSPS) is 20.3. The Balaban J connectivity index is 2.31. The third-order valence-corrected chi connectivity index (χ3v) is 4.93. The Bertz CT molecular complexity index is 1030. The molecule has 29 heavy (non-hydrogen) atoms. The Morgan fingerprint density at radius 3 is 2.76 bits per heavy atom. The lowest BCUT2D eigenvalue weighted by Crippen LogP contribution is -2.47. The average Bonchev–Trinajstić information content (AvgIpc) is 2.91. The van der Waals surface area contributed by atoms with E-state index in [0.717, 1.165) is 0 Å². The number of hydrogen-bond acceptors (Lipinski definition) is 7. The van der Waals surface area contributed by atoms with Gasteiger partial charge in [0.2, 0.25) is 11.8 Å². The SMILES string of the molecule is C#CCN1C(=O)[C@]2(C(C#N)=C(N)Oc3ccccc32)C(C(=O)OCCOC)=C1C. The van der Waals surface area contributed by atoms with Crippen molar-refractivity contribution in [1.29, 1.82) is 5.26 Å². The van der Waals surface area contributed by atoms with Gasteiger partial charge in [-0.2, -0.15) is 5.26 Å². The topological polar surface area (TPSA) is 115 Å². The fourth-order valence-corrected chi connectivity index (χ4v) is 3.72. The van der Waals surface area contributed by atoms with Crippen molar-refractivity contribution in [2.45, 2.75) is 12.3 Å². The Labute approximate surface area is 168 Å². The molecule has 0 radical (unpaired) electrons. The molecule has 8 heteroatoms. The van der Waals surface area contributed by atoms with Crippen molar-refractivity contribution in [3.63, 3.8) is 0 Å². The van der Waals surface area contributed by atoms with Crippen LogP contribution in [0.1, 0.15) is 12.5 Å². The number of fused-ring (bicyclic) bond motifs is 2. The number of benzene rings is 1. The summed E-state index contributed by atoms with van der Waals surface area (Å²) in [5.41, 5.74) is 4.64. The smallest absolute Gasteiger partial charge is 0.337 e. The molecule has 0 aromatic heterocycles. The maximum Gasteiger partial charge on any atom is 0.337 e. The summed E-state index contributed by atoms with van der Waals surface area (Å²) in [6.45, 7) is 1.66. The molecule has 2 heterocycles. The minimum atomic E-state index is -1.79. The molecule has 1 aromatic rings. The van der Waals surface area contributed by atoms with Crippen molar-refractivity contribution in [2.75, 3.05) is 26.9 Å². The van der Waals surface area contributed by atoms with E-state index in [1.54, 1.807) is 31.2 Å². The van der Waals surface area contributed by atoms with E-state index in [1.807, 2.05) is 6.07 Å². The highest BCUT2D eigenvalue weighted by Gasteiger charge is 2.62. The van der Waals surface area contributed by atoms with Crippen LogP contribution in [0.15, 0.2) is 47.0 Å².